The molecule has 0 rings (SSSR count). The van der Waals surface area contributed by atoms with Crippen molar-refractivity contribution in [3.63, 3.8) is 0 Å². The molecule has 0 fully saturated rings. The molecule has 0 radical (unpaired) electrons. The monoisotopic (exact) mass is 274 g/mol. The number of nitrogens with one attached hydrogen (secondary N) is 1. The van der Waals surface area contributed by atoms with E-state index in [1.54, 1.807) is 0 Å². The van der Waals surface area contributed by atoms with Gasteiger partial charge >= 0.3 is 0 Å². The zero-order valence-electron chi connectivity index (χ0n) is 11.8. The number of carbonyl (C=O) groups is 2. The summed E-state index contributed by atoms with van der Waals surface area (Å²) < 4.78 is 0. The number of unbranched alkanes of at least 4 members (excludes halogenated alkanes) is 1. The number of hydrogen-bond acceptors (Lipinski definition) is 3. The molecule has 0 aromatic carbocycles. The van der Waals surface area contributed by atoms with Gasteiger partial charge in [-0.15, -0.1) is 0 Å². The van der Waals surface area contributed by atoms with Gasteiger partial charge in [0.05, 0.1) is 6.04 Å². The quantitative estimate of drug-likeness (QED) is 0.472. The molecular weight excluding hydrogens is 247 g/mol. The Morgan fingerprint density at radius 2 is 1.89 bits per heavy atom. The highest BCUT2D eigenvalue weighted by Crippen LogP contribution is 2.10. The summed E-state index contributed by atoms with van der Waals surface area (Å²) in [5, 5.41) is 2.89. The Labute approximate surface area is 112 Å². The third-order valence-electron chi connectivity index (χ3n) is 2.80. The van der Waals surface area contributed by atoms with Gasteiger partial charge in [-0.3, -0.25) is 9.59 Å². The minimum atomic E-state index is -0.315. The second-order valence-corrected chi connectivity index (χ2v) is 5.99. The van der Waals surface area contributed by atoms with Crippen molar-refractivity contribution in [1.29, 1.82) is 0 Å². The average molecular weight is 274 g/mol. The van der Waals surface area contributed by atoms with E-state index in [9.17, 15) is 9.59 Å². The third kappa shape index (κ3) is 9.55. The minimum Gasteiger partial charge on any atom is -0.356 e. The van der Waals surface area contributed by atoms with Crippen molar-refractivity contribution in [3.8, 4) is 0 Å². The van der Waals surface area contributed by atoms with Crippen molar-refractivity contribution in [3.05, 3.63) is 0 Å². The van der Waals surface area contributed by atoms with E-state index in [4.69, 9.17) is 5.73 Å². The van der Waals surface area contributed by atoms with Crippen LogP contribution in [0.25, 0.3) is 0 Å². The first-order valence-electron chi connectivity index (χ1n) is 6.71. The Kier molecular flexibility index (Phi) is 10.2. The normalized spacial score (nSPS) is 13.2. The summed E-state index contributed by atoms with van der Waals surface area (Å²) in [6, 6.07) is -0.315. The molecule has 0 aromatic heterocycles. The molecule has 4 nitrogen and oxygen atoms in total. The molecule has 0 aliphatic heterocycles. The number of nitrogens with two attached hydrogens (primary N) is 1. The van der Waals surface area contributed by atoms with Gasteiger partial charge in [-0.1, -0.05) is 22.4 Å². The van der Waals surface area contributed by atoms with Crippen LogP contribution in [0.5, 0.6) is 0 Å². The van der Waals surface area contributed by atoms with E-state index in [0.717, 1.165) is 25.7 Å². The fourth-order valence-electron chi connectivity index (χ4n) is 1.54. The molecule has 2 atom stereocenters. The lowest BCUT2D eigenvalue weighted by atomic mass is 10.1. The summed E-state index contributed by atoms with van der Waals surface area (Å²) in [6.07, 6.45) is 4.04. The topological polar surface area (TPSA) is 72.2 Å². The van der Waals surface area contributed by atoms with Gasteiger partial charge in [-0.2, -0.15) is 0 Å². The number of amides is 1. The minimum absolute atomic E-state index is 0.124. The van der Waals surface area contributed by atoms with Crippen LogP contribution in [-0.2, 0) is 9.59 Å². The van der Waals surface area contributed by atoms with Crippen LogP contribution in [0, 0.1) is 5.92 Å². The van der Waals surface area contributed by atoms with Gasteiger partial charge in [0.2, 0.25) is 5.91 Å². The Morgan fingerprint density at radius 1 is 1.22 bits per heavy atom. The third-order valence-corrected chi connectivity index (χ3v) is 3.66. The lowest BCUT2D eigenvalue weighted by molar-refractivity contribution is -0.121. The fourth-order valence-corrected chi connectivity index (χ4v) is 2.06. The molecule has 5 heteroatoms. The highest BCUT2D eigenvalue weighted by atomic mass is 31.1. The van der Waals surface area contributed by atoms with Crippen LogP contribution >= 0.6 is 8.58 Å². The summed E-state index contributed by atoms with van der Waals surface area (Å²) in [5.41, 5.74) is 5.87. The average Bonchev–Trinajstić information content (AvgIpc) is 2.34. The highest BCUT2D eigenvalue weighted by Gasteiger charge is 2.10. The van der Waals surface area contributed by atoms with E-state index in [-0.39, 0.29) is 26.1 Å². The van der Waals surface area contributed by atoms with Crippen LogP contribution in [0.1, 0.15) is 46.0 Å². The molecule has 0 spiro atoms. The van der Waals surface area contributed by atoms with E-state index < -0.39 is 0 Å². The van der Waals surface area contributed by atoms with Crippen LogP contribution in [0.3, 0.4) is 0 Å². The predicted molar refractivity (Wildman–Crippen MR) is 78.2 cm³/mol. The number of carbonyl (C=O) groups excluding carboxylic acids is 2. The van der Waals surface area contributed by atoms with Crippen molar-refractivity contribution in [2.75, 3.05) is 13.2 Å². The van der Waals surface area contributed by atoms with Crippen LogP contribution in [0.4, 0.5) is 0 Å². The van der Waals surface area contributed by atoms with Crippen molar-refractivity contribution in [2.45, 2.75) is 52.0 Å². The first kappa shape index (κ1) is 17.5. The summed E-state index contributed by atoms with van der Waals surface area (Å²) in [7, 11) is 0.284. The zero-order valence-corrected chi connectivity index (χ0v) is 12.8. The molecule has 0 saturated heterocycles. The molecule has 0 aliphatic carbocycles. The van der Waals surface area contributed by atoms with Gasteiger partial charge in [0.1, 0.15) is 0 Å². The van der Waals surface area contributed by atoms with Crippen LogP contribution < -0.4 is 11.1 Å². The number of hydrogen-bond donors (Lipinski definition) is 2. The lowest BCUT2D eigenvalue weighted by Gasteiger charge is -2.09. The first-order valence-corrected chi connectivity index (χ1v) is 8.21. The summed E-state index contributed by atoms with van der Waals surface area (Å²) in [5.74, 6) is 0.689. The Balaban J connectivity index is 3.45. The predicted octanol–water partition coefficient (Wildman–Crippen LogP) is 1.87. The Hall–Kier alpha value is -0.470. The molecule has 18 heavy (non-hydrogen) atoms. The molecule has 0 aliphatic rings. The van der Waals surface area contributed by atoms with Crippen LogP contribution in [0.2, 0.25) is 0 Å². The molecule has 0 bridgehead atoms. The van der Waals surface area contributed by atoms with Gasteiger partial charge in [0.25, 0.3) is 0 Å². The highest BCUT2D eigenvalue weighted by molar-refractivity contribution is 7.57. The smallest absolute Gasteiger partial charge is 0.220 e. The van der Waals surface area contributed by atoms with E-state index in [1.807, 2.05) is 6.66 Å². The van der Waals surface area contributed by atoms with E-state index >= 15 is 0 Å². The maximum absolute atomic E-state index is 11.4. The van der Waals surface area contributed by atoms with Gasteiger partial charge < -0.3 is 11.1 Å². The molecule has 1 unspecified atom stereocenters. The molecule has 3 N–H and O–H groups in total. The first-order chi connectivity index (χ1) is 8.47. The zero-order chi connectivity index (χ0) is 14.0. The van der Waals surface area contributed by atoms with Gasteiger partial charge in [0.15, 0.2) is 5.52 Å². The van der Waals surface area contributed by atoms with Crippen LogP contribution in [-0.4, -0.2) is 30.7 Å². The molecule has 1 amide bonds. The standard InChI is InChI=1S/C13H27N2O2P/c1-10(2)7-8-12(16)15-9-5-4-6-11(14)13(17)18-3/h10-11,18H,4-9,14H2,1-3H3,(H,15,16)/t11-/m0/s1. The Bertz CT molecular complexity index is 257. The Morgan fingerprint density at radius 3 is 2.44 bits per heavy atom. The molecule has 0 heterocycles. The molecule has 0 saturated carbocycles. The summed E-state index contributed by atoms with van der Waals surface area (Å²) in [4.78, 5) is 22.7. The second kappa shape index (κ2) is 10.5. The van der Waals surface area contributed by atoms with E-state index in [2.05, 4.69) is 19.2 Å². The molecule has 106 valence electrons. The SMILES string of the molecule is CPC(=O)[C@@H](N)CCCCNC(=O)CCC(C)C. The number of rotatable bonds is 10. The summed E-state index contributed by atoms with van der Waals surface area (Å²) >= 11 is 0. The maximum Gasteiger partial charge on any atom is 0.220 e. The van der Waals surface area contributed by atoms with Crippen molar-refractivity contribution >= 4 is 20.0 Å². The second-order valence-electron chi connectivity index (χ2n) is 5.00. The van der Waals surface area contributed by atoms with Gasteiger partial charge in [-0.25, -0.2) is 0 Å². The van der Waals surface area contributed by atoms with Gasteiger partial charge in [-0.05, 0) is 38.3 Å². The molecule has 0 aromatic rings. The van der Waals surface area contributed by atoms with Crippen LogP contribution in [0.15, 0.2) is 0 Å². The van der Waals surface area contributed by atoms with Crippen molar-refractivity contribution < 1.29 is 9.59 Å². The largest absolute Gasteiger partial charge is 0.356 e. The van der Waals surface area contributed by atoms with Crippen molar-refractivity contribution in [2.24, 2.45) is 11.7 Å². The van der Waals surface area contributed by atoms with Crippen molar-refractivity contribution in [1.82, 2.24) is 5.32 Å². The lowest BCUT2D eigenvalue weighted by Crippen LogP contribution is -2.28. The van der Waals surface area contributed by atoms with E-state index in [0.29, 0.717) is 18.9 Å². The molecular formula is C13H27N2O2P. The van der Waals surface area contributed by atoms with E-state index in [1.165, 1.54) is 0 Å². The maximum atomic E-state index is 11.4. The summed E-state index contributed by atoms with van der Waals surface area (Å²) in [6.45, 7) is 6.77. The van der Waals surface area contributed by atoms with Gasteiger partial charge in [0, 0.05) is 13.0 Å². The fraction of sp³-hybridized carbons (Fsp3) is 0.846.